The first-order valence-corrected chi connectivity index (χ1v) is 14.7. The number of nitrogens with two attached hydrogens (primary N) is 1. The molecule has 1 saturated heterocycles. The lowest BCUT2D eigenvalue weighted by molar-refractivity contribution is -0.125. The van der Waals surface area contributed by atoms with Crippen LogP contribution in [-0.2, 0) is 4.79 Å². The molecule has 0 radical (unpaired) electrons. The molecule has 0 bridgehead atoms. The molecule has 210 valence electrons. The summed E-state index contributed by atoms with van der Waals surface area (Å²) in [6.45, 7) is 2.21. The van der Waals surface area contributed by atoms with Crippen molar-refractivity contribution in [2.75, 3.05) is 32.4 Å². The fraction of sp³-hybridized carbons (Fsp3) is 0.364. The van der Waals surface area contributed by atoms with Gasteiger partial charge in [-0.05, 0) is 74.9 Å². The molecule has 2 aromatic carbocycles. The summed E-state index contributed by atoms with van der Waals surface area (Å²) in [5, 5.41) is 0.902. The SMILES string of the molecule is CN(CC=CC(=O)N1CC[C@@H](n2c(C3CC3)c(-c3ccc(Oc4ccccc4)cc3)c3c(N)ncnc32)C1)C1CC1. The molecule has 1 atom stereocenters. The Morgan fingerprint density at radius 2 is 1.78 bits per heavy atom. The summed E-state index contributed by atoms with van der Waals surface area (Å²) in [7, 11) is 2.13. The predicted molar refractivity (Wildman–Crippen MR) is 161 cm³/mol. The minimum atomic E-state index is 0.0875. The van der Waals surface area contributed by atoms with E-state index in [1.165, 1.54) is 18.5 Å². The van der Waals surface area contributed by atoms with E-state index >= 15 is 0 Å². The number of fused-ring (bicyclic) bond motifs is 1. The summed E-state index contributed by atoms with van der Waals surface area (Å²) < 4.78 is 8.43. The molecule has 8 nitrogen and oxygen atoms in total. The second-order valence-electron chi connectivity index (χ2n) is 11.6. The van der Waals surface area contributed by atoms with Crippen molar-refractivity contribution in [1.82, 2.24) is 24.3 Å². The number of likely N-dealkylation sites (tertiary alicyclic amines) is 1. The molecule has 1 amide bonds. The van der Waals surface area contributed by atoms with Crippen molar-refractivity contribution in [3.8, 4) is 22.6 Å². The molecular formula is C33H36N6O2. The smallest absolute Gasteiger partial charge is 0.246 e. The Morgan fingerprint density at radius 3 is 2.51 bits per heavy atom. The van der Waals surface area contributed by atoms with Crippen LogP contribution in [0.1, 0.15) is 49.8 Å². The van der Waals surface area contributed by atoms with Crippen molar-refractivity contribution >= 4 is 22.8 Å². The molecule has 1 aliphatic heterocycles. The van der Waals surface area contributed by atoms with Crippen LogP contribution in [0.15, 0.2) is 73.1 Å². The number of nitrogens with zero attached hydrogens (tertiary/aromatic N) is 5. The van der Waals surface area contributed by atoms with E-state index in [2.05, 4.69) is 33.6 Å². The van der Waals surface area contributed by atoms with E-state index in [9.17, 15) is 4.79 Å². The number of aromatic nitrogens is 3. The van der Waals surface area contributed by atoms with Crippen LogP contribution in [-0.4, -0.2) is 63.0 Å². The van der Waals surface area contributed by atoms with Crippen molar-refractivity contribution in [3.63, 3.8) is 0 Å². The molecule has 8 heteroatoms. The third-order valence-electron chi connectivity index (χ3n) is 8.60. The van der Waals surface area contributed by atoms with E-state index in [0.29, 0.717) is 24.3 Å². The van der Waals surface area contributed by atoms with Gasteiger partial charge in [-0.3, -0.25) is 9.69 Å². The number of likely N-dealkylation sites (N-methyl/N-ethyl adjacent to an activating group) is 1. The minimum absolute atomic E-state index is 0.0875. The number of para-hydroxylation sites is 1. The summed E-state index contributed by atoms with van der Waals surface area (Å²) in [6.07, 6.45) is 11.0. The van der Waals surface area contributed by atoms with Crippen molar-refractivity contribution < 1.29 is 9.53 Å². The van der Waals surface area contributed by atoms with Gasteiger partial charge in [0.2, 0.25) is 5.91 Å². The van der Waals surface area contributed by atoms with Gasteiger partial charge in [-0.15, -0.1) is 0 Å². The first-order valence-electron chi connectivity index (χ1n) is 14.7. The molecular weight excluding hydrogens is 512 g/mol. The van der Waals surface area contributed by atoms with Gasteiger partial charge in [0.25, 0.3) is 0 Å². The average molecular weight is 549 g/mol. The highest BCUT2D eigenvalue weighted by molar-refractivity contribution is 6.03. The zero-order chi connectivity index (χ0) is 27.9. The molecule has 3 fully saturated rings. The second kappa shape index (κ2) is 10.7. The third kappa shape index (κ3) is 5.20. The maximum Gasteiger partial charge on any atom is 0.246 e. The number of rotatable bonds is 9. The van der Waals surface area contributed by atoms with Crippen LogP contribution in [0.25, 0.3) is 22.2 Å². The van der Waals surface area contributed by atoms with E-state index in [-0.39, 0.29) is 11.9 Å². The third-order valence-corrected chi connectivity index (χ3v) is 8.60. The summed E-state index contributed by atoms with van der Waals surface area (Å²) in [5.74, 6) is 2.61. The van der Waals surface area contributed by atoms with Gasteiger partial charge < -0.3 is 19.9 Å². The van der Waals surface area contributed by atoms with Gasteiger partial charge >= 0.3 is 0 Å². The van der Waals surface area contributed by atoms with E-state index in [1.807, 2.05) is 53.4 Å². The van der Waals surface area contributed by atoms with E-state index < -0.39 is 0 Å². The highest BCUT2D eigenvalue weighted by atomic mass is 16.5. The second-order valence-corrected chi connectivity index (χ2v) is 11.6. The van der Waals surface area contributed by atoms with E-state index in [1.54, 1.807) is 12.4 Å². The van der Waals surface area contributed by atoms with E-state index in [0.717, 1.165) is 66.0 Å². The molecule has 0 unspecified atom stereocenters. The van der Waals surface area contributed by atoms with Crippen molar-refractivity contribution in [2.24, 2.45) is 0 Å². The van der Waals surface area contributed by atoms with Crippen molar-refractivity contribution in [2.45, 2.75) is 50.1 Å². The number of carbonyl (C=O) groups is 1. The van der Waals surface area contributed by atoms with Gasteiger partial charge in [0.05, 0.1) is 11.4 Å². The first-order chi connectivity index (χ1) is 20.1. The molecule has 2 N–H and O–H groups in total. The number of nitrogen functional groups attached to an aromatic ring is 1. The maximum absolute atomic E-state index is 13.1. The average Bonchev–Trinajstić information content (AvgIpc) is 3.93. The Hall–Kier alpha value is -4.17. The molecule has 7 rings (SSSR count). The summed E-state index contributed by atoms with van der Waals surface area (Å²) >= 11 is 0. The van der Waals surface area contributed by atoms with Gasteiger partial charge in [-0.1, -0.05) is 36.4 Å². The summed E-state index contributed by atoms with van der Waals surface area (Å²) in [5.41, 5.74) is 10.9. The summed E-state index contributed by atoms with van der Waals surface area (Å²) in [4.78, 5) is 26.5. The lowest BCUT2D eigenvalue weighted by Crippen LogP contribution is -2.28. The van der Waals surface area contributed by atoms with Crippen LogP contribution < -0.4 is 10.5 Å². The standard InChI is InChI=1S/C33H36N6O2/c1-37(24-13-14-24)18-5-8-28(40)38-19-17-25(20-38)39-31(23-9-10-23)29(30-32(34)35-21-36-33(30)39)22-11-15-27(16-12-22)41-26-6-3-2-4-7-26/h2-8,11-12,15-16,21,23-25H,9-10,13-14,17-20H2,1H3,(H2,34,35,36)/t25-/m1/s1. The monoisotopic (exact) mass is 548 g/mol. The lowest BCUT2D eigenvalue weighted by Gasteiger charge is -2.19. The zero-order valence-corrected chi connectivity index (χ0v) is 23.4. The molecule has 4 aromatic rings. The number of carbonyl (C=O) groups excluding carboxylic acids is 1. The van der Waals surface area contributed by atoms with Gasteiger partial charge in [0, 0.05) is 43.0 Å². The van der Waals surface area contributed by atoms with Gasteiger partial charge in [-0.2, -0.15) is 0 Å². The number of benzene rings is 2. The summed E-state index contributed by atoms with van der Waals surface area (Å²) in [6, 6.07) is 18.8. The van der Waals surface area contributed by atoms with Crippen LogP contribution in [0.4, 0.5) is 5.82 Å². The van der Waals surface area contributed by atoms with Crippen LogP contribution in [0.3, 0.4) is 0 Å². The molecule has 2 aliphatic carbocycles. The Bertz CT molecular complexity index is 1590. The number of amides is 1. The minimum Gasteiger partial charge on any atom is -0.457 e. The van der Waals surface area contributed by atoms with Crippen LogP contribution in [0.2, 0.25) is 0 Å². The van der Waals surface area contributed by atoms with Crippen LogP contribution >= 0.6 is 0 Å². The van der Waals surface area contributed by atoms with Crippen molar-refractivity contribution in [3.05, 3.63) is 78.8 Å². The highest BCUT2D eigenvalue weighted by Crippen LogP contribution is 2.51. The molecule has 3 heterocycles. The maximum atomic E-state index is 13.1. The fourth-order valence-corrected chi connectivity index (χ4v) is 6.15. The topological polar surface area (TPSA) is 89.5 Å². The zero-order valence-electron chi connectivity index (χ0n) is 23.4. The number of hydrogen-bond donors (Lipinski definition) is 1. The molecule has 3 aliphatic rings. The van der Waals surface area contributed by atoms with Gasteiger partial charge in [0.15, 0.2) is 0 Å². The molecule has 2 saturated carbocycles. The van der Waals surface area contributed by atoms with Crippen LogP contribution in [0, 0.1) is 0 Å². The quantitative estimate of drug-likeness (QED) is 0.267. The van der Waals surface area contributed by atoms with Gasteiger partial charge in [-0.25, -0.2) is 9.97 Å². The molecule has 0 spiro atoms. The lowest BCUT2D eigenvalue weighted by atomic mass is 10.0. The Kier molecular flexibility index (Phi) is 6.71. The van der Waals surface area contributed by atoms with Gasteiger partial charge in [0.1, 0.15) is 29.3 Å². The Morgan fingerprint density at radius 1 is 1.02 bits per heavy atom. The number of ether oxygens (including phenoxy) is 1. The molecule has 41 heavy (non-hydrogen) atoms. The largest absolute Gasteiger partial charge is 0.457 e. The Balaban J connectivity index is 1.19. The Labute approximate surface area is 240 Å². The fourth-order valence-electron chi connectivity index (χ4n) is 6.15. The van der Waals surface area contributed by atoms with E-state index in [4.69, 9.17) is 15.5 Å². The first kappa shape index (κ1) is 25.8. The normalized spacial score (nSPS) is 19.1. The number of anilines is 1. The predicted octanol–water partition coefficient (Wildman–Crippen LogP) is 5.77. The van der Waals surface area contributed by atoms with Crippen LogP contribution in [0.5, 0.6) is 11.5 Å². The molecule has 2 aromatic heterocycles. The van der Waals surface area contributed by atoms with Crippen molar-refractivity contribution in [1.29, 1.82) is 0 Å². The highest BCUT2D eigenvalue weighted by Gasteiger charge is 2.38. The number of hydrogen-bond acceptors (Lipinski definition) is 6.